The molecule has 0 atom stereocenters. The van der Waals surface area contributed by atoms with E-state index in [1.54, 1.807) is 24.3 Å². The molecule has 0 aliphatic heterocycles. The fourth-order valence-electron chi connectivity index (χ4n) is 0.921. The molecule has 0 fully saturated rings. The van der Waals surface area contributed by atoms with E-state index in [0.29, 0.717) is 11.3 Å². The molecular weight excluding hydrogens is 178 g/mol. The lowest BCUT2D eigenvalue weighted by molar-refractivity contribution is -0.137. The second-order valence-corrected chi connectivity index (χ2v) is 2.42. The van der Waals surface area contributed by atoms with Crippen LogP contribution in [0.5, 0.6) is 5.75 Å². The summed E-state index contributed by atoms with van der Waals surface area (Å²) in [7, 11) is 1.52. The molecule has 1 rings (SSSR count). The quantitative estimate of drug-likeness (QED) is 0.722. The maximum Gasteiger partial charge on any atom is 0.345 e. The molecule has 0 radical (unpaired) electrons. The third-order valence-corrected chi connectivity index (χ3v) is 1.51. The van der Waals surface area contributed by atoms with Gasteiger partial charge in [0.15, 0.2) is 0 Å². The van der Waals surface area contributed by atoms with Crippen molar-refractivity contribution in [3.63, 3.8) is 0 Å². The van der Waals surface area contributed by atoms with E-state index >= 15 is 0 Å². The molecule has 0 spiro atoms. The molecule has 0 N–H and O–H groups in total. The molecular formula is C9H10F2O2. The average Bonchev–Trinajstić information content (AvgIpc) is 2.15. The van der Waals surface area contributed by atoms with Gasteiger partial charge in [-0.15, -0.1) is 0 Å². The van der Waals surface area contributed by atoms with Gasteiger partial charge in [0.25, 0.3) is 0 Å². The van der Waals surface area contributed by atoms with Gasteiger partial charge in [0.2, 0.25) is 0 Å². The second kappa shape index (κ2) is 4.77. The van der Waals surface area contributed by atoms with Crippen molar-refractivity contribution >= 4 is 0 Å². The predicted molar refractivity (Wildman–Crippen MR) is 43.8 cm³/mol. The van der Waals surface area contributed by atoms with Crippen molar-refractivity contribution in [1.82, 2.24) is 0 Å². The van der Waals surface area contributed by atoms with Crippen molar-refractivity contribution in [2.75, 3.05) is 7.11 Å². The molecule has 0 saturated carbocycles. The molecule has 0 aliphatic carbocycles. The second-order valence-electron chi connectivity index (χ2n) is 2.42. The van der Waals surface area contributed by atoms with Crippen LogP contribution in [-0.2, 0) is 11.3 Å². The summed E-state index contributed by atoms with van der Waals surface area (Å²) in [6, 6.07) is 6.82. The highest BCUT2D eigenvalue weighted by Gasteiger charge is 2.02. The Morgan fingerprint density at radius 2 is 2.15 bits per heavy atom. The Morgan fingerprint density at radius 1 is 1.38 bits per heavy atom. The Labute approximate surface area is 75.1 Å². The maximum atomic E-state index is 11.6. The topological polar surface area (TPSA) is 18.5 Å². The van der Waals surface area contributed by atoms with Gasteiger partial charge in [-0.1, -0.05) is 12.1 Å². The van der Waals surface area contributed by atoms with Crippen LogP contribution in [0.4, 0.5) is 8.78 Å². The van der Waals surface area contributed by atoms with Crippen LogP contribution < -0.4 is 4.74 Å². The van der Waals surface area contributed by atoms with E-state index in [9.17, 15) is 8.78 Å². The number of rotatable bonds is 4. The Bertz CT molecular complexity index is 264. The first-order chi connectivity index (χ1) is 6.22. The van der Waals surface area contributed by atoms with Gasteiger partial charge in [0, 0.05) is 0 Å². The van der Waals surface area contributed by atoms with Gasteiger partial charge in [-0.2, -0.15) is 8.78 Å². The van der Waals surface area contributed by atoms with Crippen LogP contribution in [0.25, 0.3) is 0 Å². The minimum atomic E-state index is -2.73. The minimum absolute atomic E-state index is 0.102. The smallest absolute Gasteiger partial charge is 0.345 e. The summed E-state index contributed by atoms with van der Waals surface area (Å²) in [5, 5.41) is 0. The van der Waals surface area contributed by atoms with Crippen LogP contribution in [0, 0.1) is 0 Å². The van der Waals surface area contributed by atoms with Crippen molar-refractivity contribution in [2.24, 2.45) is 0 Å². The largest absolute Gasteiger partial charge is 0.497 e. The third-order valence-electron chi connectivity index (χ3n) is 1.51. The summed E-state index contributed by atoms with van der Waals surface area (Å²) < 4.78 is 32.4. The van der Waals surface area contributed by atoms with Gasteiger partial charge in [-0.05, 0) is 17.7 Å². The first kappa shape index (κ1) is 9.92. The summed E-state index contributed by atoms with van der Waals surface area (Å²) in [5.74, 6) is 0.635. The first-order valence-electron chi connectivity index (χ1n) is 3.75. The first-order valence-corrected chi connectivity index (χ1v) is 3.75. The lowest BCUT2D eigenvalue weighted by Gasteiger charge is -2.04. The van der Waals surface area contributed by atoms with Gasteiger partial charge in [-0.25, -0.2) is 0 Å². The number of hydrogen-bond donors (Lipinski definition) is 0. The Morgan fingerprint density at radius 3 is 2.77 bits per heavy atom. The number of alkyl halides is 2. The van der Waals surface area contributed by atoms with Gasteiger partial charge >= 0.3 is 6.61 Å². The molecule has 0 bridgehead atoms. The van der Waals surface area contributed by atoms with E-state index in [2.05, 4.69) is 4.74 Å². The monoisotopic (exact) mass is 188 g/mol. The molecule has 4 heteroatoms. The van der Waals surface area contributed by atoms with Crippen molar-refractivity contribution in [3.05, 3.63) is 29.8 Å². The predicted octanol–water partition coefficient (Wildman–Crippen LogP) is 2.43. The zero-order valence-corrected chi connectivity index (χ0v) is 7.17. The molecule has 0 saturated heterocycles. The third kappa shape index (κ3) is 3.38. The van der Waals surface area contributed by atoms with Crippen molar-refractivity contribution in [3.8, 4) is 5.75 Å². The van der Waals surface area contributed by atoms with Crippen LogP contribution in [0.2, 0.25) is 0 Å². The van der Waals surface area contributed by atoms with Crippen LogP contribution in [0.3, 0.4) is 0 Å². The molecule has 0 unspecified atom stereocenters. The van der Waals surface area contributed by atoms with Gasteiger partial charge in [0.05, 0.1) is 13.7 Å². The number of benzene rings is 1. The van der Waals surface area contributed by atoms with E-state index in [1.807, 2.05) is 0 Å². The van der Waals surface area contributed by atoms with E-state index < -0.39 is 6.61 Å². The summed E-state index contributed by atoms with van der Waals surface area (Å²) >= 11 is 0. The minimum Gasteiger partial charge on any atom is -0.497 e. The summed E-state index contributed by atoms with van der Waals surface area (Å²) in [6.45, 7) is -2.83. The molecule has 0 aromatic heterocycles. The normalized spacial score (nSPS) is 10.5. The van der Waals surface area contributed by atoms with Crippen LogP contribution in [-0.4, -0.2) is 13.7 Å². The highest BCUT2D eigenvalue weighted by molar-refractivity contribution is 5.27. The summed E-state index contributed by atoms with van der Waals surface area (Å²) in [5.41, 5.74) is 0.666. The molecule has 0 heterocycles. The molecule has 1 aromatic rings. The van der Waals surface area contributed by atoms with Crippen LogP contribution in [0.1, 0.15) is 5.56 Å². The van der Waals surface area contributed by atoms with Crippen LogP contribution >= 0.6 is 0 Å². The fraction of sp³-hybridized carbons (Fsp3) is 0.333. The standard InChI is InChI=1S/C9H10F2O2/c1-12-8-4-2-3-7(5-8)6-13-9(10)11/h2-5,9H,6H2,1H3. The van der Waals surface area contributed by atoms with Crippen LogP contribution in [0.15, 0.2) is 24.3 Å². The summed E-state index contributed by atoms with van der Waals surface area (Å²) in [4.78, 5) is 0. The van der Waals surface area contributed by atoms with Gasteiger partial charge < -0.3 is 9.47 Å². The van der Waals surface area contributed by atoms with Crippen molar-refractivity contribution < 1.29 is 18.3 Å². The Kier molecular flexibility index (Phi) is 3.64. The fourth-order valence-corrected chi connectivity index (χ4v) is 0.921. The van der Waals surface area contributed by atoms with E-state index in [0.717, 1.165) is 0 Å². The molecule has 0 aliphatic rings. The van der Waals surface area contributed by atoms with Gasteiger partial charge in [0.1, 0.15) is 5.75 Å². The molecule has 72 valence electrons. The molecule has 0 amide bonds. The molecule has 2 nitrogen and oxygen atoms in total. The lowest BCUT2D eigenvalue weighted by Crippen LogP contribution is -1.99. The lowest BCUT2D eigenvalue weighted by atomic mass is 10.2. The maximum absolute atomic E-state index is 11.6. The van der Waals surface area contributed by atoms with E-state index in [4.69, 9.17) is 4.74 Å². The van der Waals surface area contributed by atoms with Crippen molar-refractivity contribution in [1.29, 1.82) is 0 Å². The molecule has 13 heavy (non-hydrogen) atoms. The SMILES string of the molecule is COc1cccc(COC(F)F)c1. The number of ether oxygens (including phenoxy) is 2. The number of halogens is 2. The number of hydrogen-bond acceptors (Lipinski definition) is 2. The highest BCUT2D eigenvalue weighted by atomic mass is 19.3. The molecule has 1 aromatic carbocycles. The van der Waals surface area contributed by atoms with E-state index in [1.165, 1.54) is 7.11 Å². The zero-order chi connectivity index (χ0) is 9.68. The Balaban J connectivity index is 2.56. The average molecular weight is 188 g/mol. The Hall–Kier alpha value is -1.16. The van der Waals surface area contributed by atoms with E-state index in [-0.39, 0.29) is 6.61 Å². The van der Waals surface area contributed by atoms with Crippen molar-refractivity contribution in [2.45, 2.75) is 13.2 Å². The summed E-state index contributed by atoms with van der Waals surface area (Å²) in [6.07, 6.45) is 0. The zero-order valence-electron chi connectivity index (χ0n) is 7.17. The van der Waals surface area contributed by atoms with Gasteiger partial charge in [-0.3, -0.25) is 0 Å². The highest BCUT2D eigenvalue weighted by Crippen LogP contribution is 2.14. The number of methoxy groups -OCH3 is 1.